The van der Waals surface area contributed by atoms with Gasteiger partial charge < -0.3 is 9.47 Å². The number of nitrogens with zero attached hydrogens (tertiary/aromatic N) is 1. The second kappa shape index (κ2) is 4.58. The third-order valence-corrected chi connectivity index (χ3v) is 2.60. The fourth-order valence-corrected chi connectivity index (χ4v) is 1.75. The van der Waals surface area contributed by atoms with Gasteiger partial charge in [-0.15, -0.1) is 0 Å². The minimum atomic E-state index is 0.532. The highest BCUT2D eigenvalue weighted by atomic mass is 79.9. The Kier molecular flexibility index (Phi) is 3.69. The molecule has 4 heteroatoms. The van der Waals surface area contributed by atoms with Crippen molar-refractivity contribution in [3.05, 3.63) is 21.9 Å². The monoisotopic (exact) mass is 245 g/mol. The van der Waals surface area contributed by atoms with Gasteiger partial charge >= 0.3 is 0 Å². The number of methoxy groups -OCH3 is 2. The summed E-state index contributed by atoms with van der Waals surface area (Å²) in [5.74, 6) is 0.773. The van der Waals surface area contributed by atoms with Crippen LogP contribution in [-0.2, 0) is 11.3 Å². The van der Waals surface area contributed by atoms with E-state index in [0.717, 1.165) is 21.5 Å². The largest absolute Gasteiger partial charge is 0.494 e. The van der Waals surface area contributed by atoms with Gasteiger partial charge in [0.15, 0.2) is 5.75 Å². The van der Waals surface area contributed by atoms with Gasteiger partial charge in [-0.3, -0.25) is 4.98 Å². The van der Waals surface area contributed by atoms with E-state index in [1.54, 1.807) is 20.4 Å². The van der Waals surface area contributed by atoms with Crippen molar-refractivity contribution in [2.24, 2.45) is 0 Å². The van der Waals surface area contributed by atoms with Crippen molar-refractivity contribution >= 4 is 15.9 Å². The quantitative estimate of drug-likeness (QED) is 0.820. The molecule has 13 heavy (non-hydrogen) atoms. The number of aryl methyl sites for hydroxylation is 1. The molecule has 1 aromatic rings. The maximum Gasteiger partial charge on any atom is 0.154 e. The van der Waals surface area contributed by atoms with Gasteiger partial charge in [-0.2, -0.15) is 0 Å². The molecule has 1 heterocycles. The molecule has 0 aromatic carbocycles. The molecular weight excluding hydrogens is 234 g/mol. The number of aromatic nitrogens is 1. The van der Waals surface area contributed by atoms with Crippen LogP contribution >= 0.6 is 15.9 Å². The van der Waals surface area contributed by atoms with Crippen LogP contribution in [-0.4, -0.2) is 19.2 Å². The Morgan fingerprint density at radius 2 is 2.15 bits per heavy atom. The minimum Gasteiger partial charge on any atom is -0.494 e. The zero-order chi connectivity index (χ0) is 9.84. The molecule has 0 bridgehead atoms. The van der Waals surface area contributed by atoms with Crippen LogP contribution < -0.4 is 4.74 Å². The number of hydrogen-bond donors (Lipinski definition) is 0. The Bertz CT molecular complexity index is 302. The molecule has 0 radical (unpaired) electrons. The van der Waals surface area contributed by atoms with Gasteiger partial charge in [0.25, 0.3) is 0 Å². The van der Waals surface area contributed by atoms with Crippen LogP contribution in [0.5, 0.6) is 5.75 Å². The van der Waals surface area contributed by atoms with Crippen molar-refractivity contribution in [3.63, 3.8) is 0 Å². The Labute approximate surface area is 86.2 Å². The molecule has 3 nitrogen and oxygen atoms in total. The normalized spacial score (nSPS) is 10.2. The van der Waals surface area contributed by atoms with Gasteiger partial charge in [0.05, 0.1) is 23.9 Å². The lowest BCUT2D eigenvalue weighted by Gasteiger charge is -2.09. The summed E-state index contributed by atoms with van der Waals surface area (Å²) in [4.78, 5) is 4.19. The van der Waals surface area contributed by atoms with Gasteiger partial charge in [-0.05, 0) is 22.9 Å². The highest BCUT2D eigenvalue weighted by molar-refractivity contribution is 9.10. The van der Waals surface area contributed by atoms with Gasteiger partial charge in [-0.1, -0.05) is 0 Å². The van der Waals surface area contributed by atoms with Gasteiger partial charge in [0.2, 0.25) is 0 Å². The highest BCUT2D eigenvalue weighted by Crippen LogP contribution is 2.30. The third-order valence-electron chi connectivity index (χ3n) is 1.73. The second-order valence-corrected chi connectivity index (χ2v) is 3.44. The molecule has 0 aliphatic heterocycles. The Balaban J connectivity index is 3.11. The summed E-state index contributed by atoms with van der Waals surface area (Å²) in [5, 5.41) is 0. The number of halogens is 1. The molecule has 0 aliphatic rings. The van der Waals surface area contributed by atoms with Crippen LogP contribution in [0.2, 0.25) is 0 Å². The third kappa shape index (κ3) is 2.19. The SMILES string of the molecule is COCc1cnc(C)c(OC)c1Br. The maximum absolute atomic E-state index is 5.20. The molecule has 0 amide bonds. The molecule has 0 saturated heterocycles. The van der Waals surface area contributed by atoms with Crippen LogP contribution in [0.25, 0.3) is 0 Å². The van der Waals surface area contributed by atoms with Gasteiger partial charge in [0, 0.05) is 18.9 Å². The predicted molar refractivity (Wildman–Crippen MR) is 53.9 cm³/mol. The van der Waals surface area contributed by atoms with E-state index in [1.807, 2.05) is 6.92 Å². The van der Waals surface area contributed by atoms with Crippen LogP contribution in [0.3, 0.4) is 0 Å². The fraction of sp³-hybridized carbons (Fsp3) is 0.444. The predicted octanol–water partition coefficient (Wildman–Crippen LogP) is 2.31. The molecule has 0 unspecified atom stereocenters. The first-order valence-electron chi connectivity index (χ1n) is 3.87. The summed E-state index contributed by atoms with van der Waals surface area (Å²) in [6, 6.07) is 0. The van der Waals surface area contributed by atoms with E-state index >= 15 is 0 Å². The van der Waals surface area contributed by atoms with E-state index < -0.39 is 0 Å². The molecular formula is C9H12BrNO2. The summed E-state index contributed by atoms with van der Waals surface area (Å²) in [6.45, 7) is 2.43. The molecule has 1 rings (SSSR count). The Hall–Kier alpha value is -0.610. The van der Waals surface area contributed by atoms with E-state index in [9.17, 15) is 0 Å². The second-order valence-electron chi connectivity index (χ2n) is 2.65. The number of rotatable bonds is 3. The number of ether oxygens (including phenoxy) is 2. The highest BCUT2D eigenvalue weighted by Gasteiger charge is 2.09. The number of hydrogen-bond acceptors (Lipinski definition) is 3. The summed E-state index contributed by atoms with van der Waals surface area (Å²) in [5.41, 5.74) is 1.86. The zero-order valence-corrected chi connectivity index (χ0v) is 9.51. The molecule has 0 aliphatic carbocycles. The summed E-state index contributed by atoms with van der Waals surface area (Å²) in [7, 11) is 3.28. The molecule has 0 atom stereocenters. The average molecular weight is 246 g/mol. The molecule has 72 valence electrons. The lowest BCUT2D eigenvalue weighted by atomic mass is 10.2. The summed E-state index contributed by atoms with van der Waals surface area (Å²) in [6.07, 6.45) is 1.78. The van der Waals surface area contributed by atoms with E-state index in [1.165, 1.54) is 0 Å². The lowest BCUT2D eigenvalue weighted by molar-refractivity contribution is 0.183. The van der Waals surface area contributed by atoms with Crippen molar-refractivity contribution in [1.29, 1.82) is 0 Å². The zero-order valence-electron chi connectivity index (χ0n) is 7.93. The van der Waals surface area contributed by atoms with Crippen molar-refractivity contribution in [3.8, 4) is 5.75 Å². The van der Waals surface area contributed by atoms with Crippen LogP contribution in [0.4, 0.5) is 0 Å². The van der Waals surface area contributed by atoms with Crippen molar-refractivity contribution in [2.45, 2.75) is 13.5 Å². The smallest absolute Gasteiger partial charge is 0.154 e. The van der Waals surface area contributed by atoms with Crippen LogP contribution in [0.1, 0.15) is 11.3 Å². The lowest BCUT2D eigenvalue weighted by Crippen LogP contribution is -1.97. The van der Waals surface area contributed by atoms with Gasteiger partial charge in [-0.25, -0.2) is 0 Å². The Morgan fingerprint density at radius 1 is 1.46 bits per heavy atom. The molecule has 0 N–H and O–H groups in total. The molecule has 0 fully saturated rings. The fourth-order valence-electron chi connectivity index (χ4n) is 1.09. The molecule has 0 spiro atoms. The number of pyridine rings is 1. The minimum absolute atomic E-state index is 0.532. The van der Waals surface area contributed by atoms with Crippen molar-refractivity contribution < 1.29 is 9.47 Å². The standard InChI is InChI=1S/C9H12BrNO2/c1-6-9(13-3)8(10)7(4-11-6)5-12-2/h4H,5H2,1-3H3. The first-order chi connectivity index (χ1) is 6.20. The molecule has 1 aromatic heterocycles. The summed E-state index contributed by atoms with van der Waals surface area (Å²) < 4.78 is 11.1. The van der Waals surface area contributed by atoms with Crippen LogP contribution in [0.15, 0.2) is 10.7 Å². The van der Waals surface area contributed by atoms with Crippen LogP contribution in [0, 0.1) is 6.92 Å². The van der Waals surface area contributed by atoms with E-state index in [0.29, 0.717) is 6.61 Å². The van der Waals surface area contributed by atoms with Crippen molar-refractivity contribution in [2.75, 3.05) is 14.2 Å². The summed E-state index contributed by atoms with van der Waals surface area (Å²) >= 11 is 3.45. The van der Waals surface area contributed by atoms with Crippen molar-refractivity contribution in [1.82, 2.24) is 4.98 Å². The van der Waals surface area contributed by atoms with E-state index in [4.69, 9.17) is 9.47 Å². The topological polar surface area (TPSA) is 31.4 Å². The molecule has 0 saturated carbocycles. The van der Waals surface area contributed by atoms with Gasteiger partial charge in [0.1, 0.15) is 0 Å². The first-order valence-corrected chi connectivity index (χ1v) is 4.67. The average Bonchev–Trinajstić information content (AvgIpc) is 2.11. The Morgan fingerprint density at radius 3 is 2.69 bits per heavy atom. The van der Waals surface area contributed by atoms with E-state index in [2.05, 4.69) is 20.9 Å². The first kappa shape index (κ1) is 10.5. The van der Waals surface area contributed by atoms with E-state index in [-0.39, 0.29) is 0 Å². The maximum atomic E-state index is 5.20.